The van der Waals surface area contributed by atoms with Crippen LogP contribution in [0.25, 0.3) is 0 Å². The lowest BCUT2D eigenvalue weighted by atomic mass is 9.90. The first-order valence-electron chi connectivity index (χ1n) is 13.1. The van der Waals surface area contributed by atoms with E-state index in [9.17, 15) is 14.7 Å². The van der Waals surface area contributed by atoms with Crippen LogP contribution in [0.4, 0.5) is 0 Å². The standard InChI is InChI=1S/C31H33NO6/c1-21-12-13-24-19-32(27(31(34)35)18-26(24)28(21)37-20-22-8-4-2-5-9-22)30(33)29(23-10-6-3-7-11-23)38-25-14-16-36-17-15-25/h2-13,25,27,29H,14-20H2,1H3,(H,34,35)/t27-,29-/m1/s1. The second kappa shape index (κ2) is 11.8. The molecule has 0 aliphatic carbocycles. The Balaban J connectivity index is 1.44. The van der Waals surface area contributed by atoms with Crippen LogP contribution in [0.3, 0.4) is 0 Å². The number of amides is 1. The largest absolute Gasteiger partial charge is 0.488 e. The minimum Gasteiger partial charge on any atom is -0.488 e. The molecule has 0 spiro atoms. The maximum Gasteiger partial charge on any atom is 0.326 e. The van der Waals surface area contributed by atoms with Crippen molar-refractivity contribution in [3.63, 3.8) is 0 Å². The maximum absolute atomic E-state index is 14.0. The Bertz CT molecular complexity index is 1260. The van der Waals surface area contributed by atoms with Gasteiger partial charge in [-0.3, -0.25) is 4.79 Å². The summed E-state index contributed by atoms with van der Waals surface area (Å²) in [6.07, 6.45) is 0.550. The highest BCUT2D eigenvalue weighted by molar-refractivity contribution is 5.88. The van der Waals surface area contributed by atoms with Crippen LogP contribution >= 0.6 is 0 Å². The molecule has 5 rings (SSSR count). The smallest absolute Gasteiger partial charge is 0.326 e. The number of benzene rings is 3. The van der Waals surface area contributed by atoms with E-state index in [4.69, 9.17) is 14.2 Å². The zero-order valence-corrected chi connectivity index (χ0v) is 21.5. The van der Waals surface area contributed by atoms with Crippen LogP contribution in [0.15, 0.2) is 72.8 Å². The van der Waals surface area contributed by atoms with Crippen molar-refractivity contribution in [2.45, 2.75) is 57.6 Å². The number of carbonyl (C=O) groups is 2. The number of carboxylic acid groups (broad SMARTS) is 1. The number of nitrogens with zero attached hydrogens (tertiary/aromatic N) is 1. The summed E-state index contributed by atoms with van der Waals surface area (Å²) < 4.78 is 18.0. The van der Waals surface area contributed by atoms with Gasteiger partial charge in [-0.25, -0.2) is 4.79 Å². The Morgan fingerprint density at radius 2 is 1.68 bits per heavy atom. The lowest BCUT2D eigenvalue weighted by molar-refractivity contribution is -0.162. The van der Waals surface area contributed by atoms with Gasteiger partial charge in [0.25, 0.3) is 5.91 Å². The molecule has 0 unspecified atom stereocenters. The first kappa shape index (κ1) is 25.9. The van der Waals surface area contributed by atoms with Crippen molar-refractivity contribution in [1.82, 2.24) is 4.90 Å². The molecule has 0 bridgehead atoms. The second-order valence-electron chi connectivity index (χ2n) is 9.89. The molecule has 7 nitrogen and oxygen atoms in total. The zero-order valence-electron chi connectivity index (χ0n) is 21.5. The predicted molar refractivity (Wildman–Crippen MR) is 142 cm³/mol. The van der Waals surface area contributed by atoms with Gasteiger partial charge in [-0.1, -0.05) is 72.8 Å². The molecule has 1 amide bonds. The van der Waals surface area contributed by atoms with Crippen molar-refractivity contribution < 1.29 is 28.9 Å². The molecule has 1 saturated heterocycles. The summed E-state index contributed by atoms with van der Waals surface area (Å²) in [4.78, 5) is 28.0. The van der Waals surface area contributed by atoms with Crippen LogP contribution in [-0.2, 0) is 38.6 Å². The summed E-state index contributed by atoms with van der Waals surface area (Å²) in [7, 11) is 0. The summed E-state index contributed by atoms with van der Waals surface area (Å²) in [6, 6.07) is 22.1. The Hall–Kier alpha value is -3.68. The van der Waals surface area contributed by atoms with Crippen LogP contribution in [0.1, 0.15) is 46.8 Å². The Morgan fingerprint density at radius 3 is 2.37 bits per heavy atom. The topological polar surface area (TPSA) is 85.3 Å². The van der Waals surface area contributed by atoms with Gasteiger partial charge in [-0.15, -0.1) is 0 Å². The van der Waals surface area contributed by atoms with Gasteiger partial charge in [-0.2, -0.15) is 0 Å². The first-order chi connectivity index (χ1) is 18.5. The molecule has 2 aliphatic rings. The van der Waals surface area contributed by atoms with Gasteiger partial charge in [0.15, 0.2) is 6.10 Å². The zero-order chi connectivity index (χ0) is 26.5. The molecule has 3 aromatic rings. The van der Waals surface area contributed by atoms with Crippen LogP contribution in [-0.4, -0.2) is 47.2 Å². The predicted octanol–water partition coefficient (Wildman–Crippen LogP) is 4.85. The SMILES string of the molecule is Cc1ccc2c(c1OCc1ccccc1)C[C@H](C(=O)O)N(C(=O)[C@H](OC1CCOCC1)c1ccccc1)C2. The summed E-state index contributed by atoms with van der Waals surface area (Å²) in [5, 5.41) is 10.2. The van der Waals surface area contributed by atoms with Gasteiger partial charge in [0.1, 0.15) is 18.4 Å². The molecular weight excluding hydrogens is 482 g/mol. The van der Waals surface area contributed by atoms with Crippen molar-refractivity contribution in [3.8, 4) is 5.75 Å². The van der Waals surface area contributed by atoms with E-state index in [1.54, 1.807) is 0 Å². The van der Waals surface area contributed by atoms with E-state index < -0.39 is 18.1 Å². The quantitative estimate of drug-likeness (QED) is 0.462. The molecule has 0 aromatic heterocycles. The lowest BCUT2D eigenvalue weighted by Gasteiger charge is -2.38. The molecule has 198 valence electrons. The number of aliphatic carboxylic acids is 1. The number of ether oxygens (including phenoxy) is 3. The second-order valence-corrected chi connectivity index (χ2v) is 9.89. The Labute approximate surface area is 222 Å². The highest BCUT2D eigenvalue weighted by Gasteiger charge is 2.40. The Morgan fingerprint density at radius 1 is 1.00 bits per heavy atom. The lowest BCUT2D eigenvalue weighted by Crippen LogP contribution is -2.51. The normalized spacial score (nSPS) is 18.4. The average Bonchev–Trinajstić information content (AvgIpc) is 2.96. The van der Waals surface area contributed by atoms with Crippen molar-refractivity contribution in [2.24, 2.45) is 0 Å². The monoisotopic (exact) mass is 515 g/mol. The third-order valence-corrected chi connectivity index (χ3v) is 7.29. The van der Waals surface area contributed by atoms with E-state index in [1.165, 1.54) is 4.90 Å². The molecule has 0 saturated carbocycles. The van der Waals surface area contributed by atoms with Gasteiger partial charge >= 0.3 is 5.97 Å². The highest BCUT2D eigenvalue weighted by atomic mass is 16.5. The number of aryl methyl sites for hydroxylation is 1. The molecule has 38 heavy (non-hydrogen) atoms. The fourth-order valence-electron chi connectivity index (χ4n) is 5.20. The van der Waals surface area contributed by atoms with Crippen molar-refractivity contribution in [3.05, 3.63) is 101 Å². The van der Waals surface area contributed by atoms with E-state index in [0.717, 1.165) is 27.8 Å². The van der Waals surface area contributed by atoms with E-state index in [0.29, 0.717) is 38.4 Å². The van der Waals surface area contributed by atoms with E-state index in [1.807, 2.05) is 79.7 Å². The van der Waals surface area contributed by atoms with Gasteiger partial charge in [-0.05, 0) is 42.0 Å². The van der Waals surface area contributed by atoms with E-state index >= 15 is 0 Å². The van der Waals surface area contributed by atoms with Crippen molar-refractivity contribution in [1.29, 1.82) is 0 Å². The Kier molecular flexibility index (Phi) is 8.05. The molecule has 2 heterocycles. The minimum atomic E-state index is -1.04. The highest BCUT2D eigenvalue weighted by Crippen LogP contribution is 2.36. The third kappa shape index (κ3) is 5.74. The molecule has 1 N–H and O–H groups in total. The number of hydrogen-bond donors (Lipinski definition) is 1. The number of fused-ring (bicyclic) bond motifs is 1. The fourth-order valence-corrected chi connectivity index (χ4v) is 5.20. The molecule has 7 heteroatoms. The number of hydrogen-bond acceptors (Lipinski definition) is 5. The summed E-state index contributed by atoms with van der Waals surface area (Å²) >= 11 is 0. The van der Waals surface area contributed by atoms with Crippen molar-refractivity contribution in [2.75, 3.05) is 13.2 Å². The van der Waals surface area contributed by atoms with E-state index in [-0.39, 0.29) is 25.0 Å². The van der Waals surface area contributed by atoms with Crippen LogP contribution < -0.4 is 4.74 Å². The molecule has 2 aliphatic heterocycles. The summed E-state index contributed by atoms with van der Waals surface area (Å²) in [6.45, 7) is 3.68. The number of rotatable bonds is 8. The fraction of sp³-hybridized carbons (Fsp3) is 0.355. The first-order valence-corrected chi connectivity index (χ1v) is 13.1. The molecule has 0 radical (unpaired) electrons. The van der Waals surface area contributed by atoms with Gasteiger partial charge in [0, 0.05) is 31.7 Å². The van der Waals surface area contributed by atoms with Gasteiger partial charge < -0.3 is 24.2 Å². The van der Waals surface area contributed by atoms with Crippen molar-refractivity contribution >= 4 is 11.9 Å². The number of carbonyl (C=O) groups excluding carboxylic acids is 1. The average molecular weight is 516 g/mol. The van der Waals surface area contributed by atoms with Gasteiger partial charge in [0.05, 0.1) is 6.10 Å². The third-order valence-electron chi connectivity index (χ3n) is 7.29. The summed E-state index contributed by atoms with van der Waals surface area (Å²) in [5.74, 6) is -0.687. The molecule has 2 atom stereocenters. The maximum atomic E-state index is 14.0. The minimum absolute atomic E-state index is 0.126. The van der Waals surface area contributed by atoms with Crippen LogP contribution in [0.5, 0.6) is 5.75 Å². The molecular formula is C31H33NO6. The number of carboxylic acids is 1. The molecule has 3 aromatic carbocycles. The summed E-state index contributed by atoms with van der Waals surface area (Å²) in [5.41, 5.74) is 4.42. The molecule has 1 fully saturated rings. The van der Waals surface area contributed by atoms with E-state index in [2.05, 4.69) is 0 Å². The van der Waals surface area contributed by atoms with Gasteiger partial charge in [0.2, 0.25) is 0 Å². The van der Waals surface area contributed by atoms with Crippen LogP contribution in [0.2, 0.25) is 0 Å². The van der Waals surface area contributed by atoms with Crippen LogP contribution in [0, 0.1) is 6.92 Å².